The number of nitrogens with one attached hydrogen (secondary N) is 1. The van der Waals surface area contributed by atoms with Gasteiger partial charge in [0.05, 0.1) is 11.1 Å². The van der Waals surface area contributed by atoms with Crippen LogP contribution in [0, 0.1) is 6.92 Å². The Hall–Kier alpha value is -3.01. The molecule has 1 aliphatic rings. The van der Waals surface area contributed by atoms with Gasteiger partial charge in [-0.25, -0.2) is 0 Å². The SMILES string of the molecule is Cc1c(C2Oc3ccccc3C(=O)/C2=C\NC(C)(C)C)c2ccccc2n1C. The van der Waals surface area contributed by atoms with Crippen molar-refractivity contribution < 1.29 is 9.53 Å². The molecule has 1 aliphatic heterocycles. The number of ketones is 1. The van der Waals surface area contributed by atoms with Crippen LogP contribution in [0.1, 0.15) is 48.5 Å². The van der Waals surface area contributed by atoms with Crippen molar-refractivity contribution >= 4 is 16.7 Å². The van der Waals surface area contributed by atoms with E-state index in [1.165, 1.54) is 0 Å². The number of aromatic nitrogens is 1. The van der Waals surface area contributed by atoms with Gasteiger partial charge in [-0.2, -0.15) is 0 Å². The van der Waals surface area contributed by atoms with E-state index >= 15 is 0 Å². The molecule has 0 bridgehead atoms. The number of aryl methyl sites for hydroxylation is 1. The number of carbonyl (C=O) groups is 1. The molecule has 3 aromatic rings. The molecule has 0 radical (unpaired) electrons. The van der Waals surface area contributed by atoms with Gasteiger partial charge in [-0.3, -0.25) is 4.79 Å². The molecular formula is C24H26N2O2. The number of nitrogens with zero attached hydrogens (tertiary/aromatic N) is 1. The van der Waals surface area contributed by atoms with E-state index in [2.05, 4.69) is 56.8 Å². The zero-order valence-corrected chi connectivity index (χ0v) is 17.0. The Morgan fingerprint density at radius 2 is 1.75 bits per heavy atom. The second-order valence-electron chi connectivity index (χ2n) is 8.39. The lowest BCUT2D eigenvalue weighted by atomic mass is 9.90. The number of rotatable bonds is 2. The largest absolute Gasteiger partial charge is 0.480 e. The normalized spacial score (nSPS) is 18.2. The summed E-state index contributed by atoms with van der Waals surface area (Å²) in [6.07, 6.45) is 1.38. The maximum Gasteiger partial charge on any atom is 0.198 e. The molecule has 0 aliphatic carbocycles. The van der Waals surface area contributed by atoms with Gasteiger partial charge in [0.1, 0.15) is 5.75 Å². The maximum absolute atomic E-state index is 13.4. The van der Waals surface area contributed by atoms with E-state index in [1.807, 2.05) is 42.6 Å². The average Bonchev–Trinajstić information content (AvgIpc) is 2.91. The lowest BCUT2D eigenvalue weighted by Gasteiger charge is -2.29. The second-order valence-corrected chi connectivity index (χ2v) is 8.39. The number of hydrogen-bond donors (Lipinski definition) is 1. The minimum atomic E-state index is -0.455. The van der Waals surface area contributed by atoms with Crippen LogP contribution >= 0.6 is 0 Å². The molecule has 4 heteroatoms. The molecule has 0 amide bonds. The van der Waals surface area contributed by atoms with Gasteiger partial charge in [-0.15, -0.1) is 0 Å². The van der Waals surface area contributed by atoms with E-state index in [1.54, 1.807) is 0 Å². The Bertz CT molecular complexity index is 1100. The van der Waals surface area contributed by atoms with Gasteiger partial charge in [0.25, 0.3) is 0 Å². The first kappa shape index (κ1) is 18.4. The molecule has 0 fully saturated rings. The molecule has 1 aromatic heterocycles. The monoisotopic (exact) mass is 374 g/mol. The predicted octanol–water partition coefficient (Wildman–Crippen LogP) is 5.08. The summed E-state index contributed by atoms with van der Waals surface area (Å²) in [5.74, 6) is 0.647. The first-order valence-electron chi connectivity index (χ1n) is 9.60. The molecule has 2 aromatic carbocycles. The number of para-hydroxylation sites is 2. The molecular weight excluding hydrogens is 348 g/mol. The van der Waals surface area contributed by atoms with Crippen LogP contribution in [0.2, 0.25) is 0 Å². The molecule has 2 heterocycles. The van der Waals surface area contributed by atoms with Crippen molar-refractivity contribution in [2.75, 3.05) is 0 Å². The molecule has 28 heavy (non-hydrogen) atoms. The Morgan fingerprint density at radius 1 is 1.07 bits per heavy atom. The standard InChI is InChI=1S/C24H26N2O2/c1-15-21(16-10-6-8-12-19(16)26(15)5)23-18(14-25-24(2,3)4)22(27)17-11-7-9-13-20(17)28-23/h6-14,23,25H,1-5H3/b18-14+. The third kappa shape index (κ3) is 2.99. The zero-order chi connectivity index (χ0) is 20.1. The third-order valence-corrected chi connectivity index (χ3v) is 5.29. The van der Waals surface area contributed by atoms with Crippen molar-refractivity contribution in [2.24, 2.45) is 7.05 Å². The molecule has 4 rings (SSSR count). The second kappa shape index (κ2) is 6.55. The smallest absolute Gasteiger partial charge is 0.198 e. The van der Waals surface area contributed by atoms with Gasteiger partial charge < -0.3 is 14.6 Å². The zero-order valence-electron chi connectivity index (χ0n) is 17.0. The van der Waals surface area contributed by atoms with Crippen molar-refractivity contribution in [3.05, 3.63) is 77.1 Å². The van der Waals surface area contributed by atoms with Gasteiger partial charge in [0.15, 0.2) is 11.9 Å². The highest BCUT2D eigenvalue weighted by Crippen LogP contribution is 2.42. The minimum Gasteiger partial charge on any atom is -0.480 e. The van der Waals surface area contributed by atoms with Gasteiger partial charge in [-0.05, 0) is 45.9 Å². The number of hydrogen-bond acceptors (Lipinski definition) is 3. The van der Waals surface area contributed by atoms with Crippen molar-refractivity contribution in [2.45, 2.75) is 39.3 Å². The van der Waals surface area contributed by atoms with Crippen molar-refractivity contribution in [1.82, 2.24) is 9.88 Å². The van der Waals surface area contributed by atoms with E-state index < -0.39 is 6.10 Å². The third-order valence-electron chi connectivity index (χ3n) is 5.29. The van der Waals surface area contributed by atoms with Crippen LogP contribution in [-0.4, -0.2) is 15.9 Å². The summed E-state index contributed by atoms with van der Waals surface area (Å²) >= 11 is 0. The van der Waals surface area contributed by atoms with Crippen molar-refractivity contribution in [3.63, 3.8) is 0 Å². The topological polar surface area (TPSA) is 43.3 Å². The molecule has 1 atom stereocenters. The highest BCUT2D eigenvalue weighted by atomic mass is 16.5. The summed E-state index contributed by atoms with van der Waals surface area (Å²) in [6.45, 7) is 8.30. The minimum absolute atomic E-state index is 0.0101. The molecule has 0 saturated carbocycles. The van der Waals surface area contributed by atoms with Gasteiger partial charge >= 0.3 is 0 Å². The number of carbonyl (C=O) groups excluding carboxylic acids is 1. The van der Waals surface area contributed by atoms with Gasteiger partial charge in [-0.1, -0.05) is 30.3 Å². The van der Waals surface area contributed by atoms with Crippen molar-refractivity contribution in [1.29, 1.82) is 0 Å². The molecule has 1 N–H and O–H groups in total. The highest BCUT2D eigenvalue weighted by Gasteiger charge is 2.36. The number of Topliss-reactive ketones (excluding diaryl/α,β-unsaturated/α-hetero) is 1. The van der Waals surface area contributed by atoms with E-state index in [-0.39, 0.29) is 11.3 Å². The van der Waals surface area contributed by atoms with Crippen LogP contribution < -0.4 is 10.1 Å². The van der Waals surface area contributed by atoms with E-state index in [0.29, 0.717) is 16.9 Å². The van der Waals surface area contributed by atoms with Crippen LogP contribution in [0.25, 0.3) is 10.9 Å². The summed E-state index contributed by atoms with van der Waals surface area (Å²) in [7, 11) is 2.05. The fraction of sp³-hybridized carbons (Fsp3) is 0.292. The summed E-state index contributed by atoms with van der Waals surface area (Å²) in [5.41, 5.74) is 4.37. The van der Waals surface area contributed by atoms with E-state index in [0.717, 1.165) is 22.2 Å². The fourth-order valence-electron chi connectivity index (χ4n) is 3.75. The van der Waals surface area contributed by atoms with E-state index in [4.69, 9.17) is 4.74 Å². The fourth-order valence-corrected chi connectivity index (χ4v) is 3.75. The van der Waals surface area contributed by atoms with Crippen LogP contribution in [0.15, 0.2) is 60.3 Å². The maximum atomic E-state index is 13.4. The van der Waals surface area contributed by atoms with Gasteiger partial charge in [0, 0.05) is 40.9 Å². The quantitative estimate of drug-likeness (QED) is 0.637. The summed E-state index contributed by atoms with van der Waals surface area (Å²) < 4.78 is 8.59. The first-order chi connectivity index (χ1) is 13.3. The average molecular weight is 374 g/mol. The summed E-state index contributed by atoms with van der Waals surface area (Å²) in [6, 6.07) is 15.7. The Kier molecular flexibility index (Phi) is 4.30. The Balaban J connectivity index is 1.94. The number of ether oxygens (including phenoxy) is 1. The Morgan fingerprint density at radius 3 is 2.50 bits per heavy atom. The lowest BCUT2D eigenvalue weighted by molar-refractivity contribution is 0.0959. The van der Waals surface area contributed by atoms with Crippen LogP contribution in [-0.2, 0) is 7.05 Å². The highest BCUT2D eigenvalue weighted by molar-refractivity contribution is 6.12. The molecule has 4 nitrogen and oxygen atoms in total. The Labute approximate surface area is 165 Å². The van der Waals surface area contributed by atoms with E-state index in [9.17, 15) is 4.79 Å². The van der Waals surface area contributed by atoms with Gasteiger partial charge in [0.2, 0.25) is 0 Å². The lowest BCUT2D eigenvalue weighted by Crippen LogP contribution is -2.34. The number of fused-ring (bicyclic) bond motifs is 2. The van der Waals surface area contributed by atoms with Crippen LogP contribution in [0.5, 0.6) is 5.75 Å². The summed E-state index contributed by atoms with van der Waals surface area (Å²) in [4.78, 5) is 13.4. The number of benzene rings is 2. The predicted molar refractivity (Wildman–Crippen MR) is 113 cm³/mol. The van der Waals surface area contributed by atoms with Crippen molar-refractivity contribution in [3.8, 4) is 5.75 Å². The molecule has 1 unspecified atom stereocenters. The molecule has 0 spiro atoms. The van der Waals surface area contributed by atoms with Crippen LogP contribution in [0.4, 0.5) is 0 Å². The molecule has 0 saturated heterocycles. The first-order valence-corrected chi connectivity index (χ1v) is 9.60. The molecule has 144 valence electrons. The summed E-state index contributed by atoms with van der Waals surface area (Å²) in [5, 5.41) is 4.47. The van der Waals surface area contributed by atoms with Crippen LogP contribution in [0.3, 0.4) is 0 Å².